The van der Waals surface area contributed by atoms with Crippen LogP contribution in [0, 0.1) is 9.49 Å². The molecule has 4 rings (SSSR count). The van der Waals surface area contributed by atoms with E-state index in [4.69, 9.17) is 0 Å². The lowest BCUT2D eigenvalue weighted by Crippen LogP contribution is -2.34. The van der Waals surface area contributed by atoms with Crippen LogP contribution in [0.25, 0.3) is 11.0 Å². The predicted octanol–water partition coefficient (Wildman–Crippen LogP) is 3.99. The first kappa shape index (κ1) is 20.6. The summed E-state index contributed by atoms with van der Waals surface area (Å²) in [5.41, 5.74) is 3.68. The molecule has 0 radical (unpaired) electrons. The smallest absolute Gasteiger partial charge is 0.229 e. The maximum absolute atomic E-state index is 11.4. The summed E-state index contributed by atoms with van der Waals surface area (Å²) in [6.45, 7) is 2.94. The fraction of sp³-hybridized carbons (Fsp3) is 0.381. The minimum Gasteiger partial charge on any atom is -0.341 e. The molecule has 154 valence electrons. The van der Waals surface area contributed by atoms with E-state index in [1.54, 1.807) is 12.1 Å². The zero-order valence-corrected chi connectivity index (χ0v) is 19.3. The van der Waals surface area contributed by atoms with E-state index in [1.165, 1.54) is 22.0 Å². The fourth-order valence-corrected chi connectivity index (χ4v) is 4.84. The Hall–Kier alpha value is -1.65. The maximum Gasteiger partial charge on any atom is 0.229 e. The van der Waals surface area contributed by atoms with Crippen molar-refractivity contribution in [3.63, 3.8) is 0 Å². The van der Waals surface area contributed by atoms with Crippen molar-refractivity contribution in [2.45, 2.75) is 25.8 Å². The number of aromatic nitrogens is 2. The van der Waals surface area contributed by atoms with Crippen molar-refractivity contribution in [3.05, 3.63) is 57.4 Å². The molecular weight excluding hydrogens is 499 g/mol. The number of rotatable bonds is 6. The van der Waals surface area contributed by atoms with Gasteiger partial charge in [-0.1, -0.05) is 12.1 Å². The van der Waals surface area contributed by atoms with Crippen LogP contribution in [0.3, 0.4) is 0 Å². The number of anilines is 1. The number of aromatic amines is 1. The van der Waals surface area contributed by atoms with Crippen molar-refractivity contribution < 1.29 is 8.42 Å². The zero-order chi connectivity index (χ0) is 20.4. The number of likely N-dealkylation sites (tertiary alicyclic amines) is 1. The number of nitrogens with zero attached hydrogens (tertiary/aromatic N) is 2. The van der Waals surface area contributed by atoms with Gasteiger partial charge in [-0.05, 0) is 96.8 Å². The lowest BCUT2D eigenvalue weighted by Gasteiger charge is -2.31. The van der Waals surface area contributed by atoms with Crippen LogP contribution in [-0.4, -0.2) is 42.6 Å². The summed E-state index contributed by atoms with van der Waals surface area (Å²) in [7, 11) is -3.28. The number of nitrogens with one attached hydrogen (secondary N) is 2. The Kier molecular flexibility index (Phi) is 6.12. The van der Waals surface area contributed by atoms with Gasteiger partial charge in [0.15, 0.2) is 0 Å². The molecule has 3 aromatic rings. The number of benzene rings is 2. The van der Waals surface area contributed by atoms with Gasteiger partial charge in [0.25, 0.3) is 0 Å². The van der Waals surface area contributed by atoms with Gasteiger partial charge in [0.2, 0.25) is 10.0 Å². The van der Waals surface area contributed by atoms with E-state index < -0.39 is 10.0 Å². The Balaban J connectivity index is 1.34. The highest BCUT2D eigenvalue weighted by Crippen LogP contribution is 2.24. The van der Waals surface area contributed by atoms with Gasteiger partial charge in [-0.3, -0.25) is 9.62 Å². The number of H-pyrrole nitrogens is 1. The summed E-state index contributed by atoms with van der Waals surface area (Å²) < 4.78 is 26.6. The van der Waals surface area contributed by atoms with E-state index in [9.17, 15) is 8.42 Å². The standard InChI is InChI=1S/C21H25IN4O2S/c1-29(27,28)25-18-6-7-19-20(13-18)24-21(23-19)14-26-10-8-16(9-11-26)12-15-2-4-17(22)5-3-15/h2-7,13,16,25H,8-12,14H2,1H3,(H,23,24). The molecule has 0 amide bonds. The highest BCUT2D eigenvalue weighted by molar-refractivity contribution is 14.1. The van der Waals surface area contributed by atoms with Crippen molar-refractivity contribution in [2.24, 2.45) is 5.92 Å². The molecule has 6 nitrogen and oxygen atoms in total. The number of imidazole rings is 1. The first-order chi connectivity index (χ1) is 13.8. The van der Waals surface area contributed by atoms with Crippen molar-refractivity contribution in [1.82, 2.24) is 14.9 Å². The molecule has 1 aliphatic heterocycles. The maximum atomic E-state index is 11.4. The van der Waals surface area contributed by atoms with Crippen LogP contribution in [0.4, 0.5) is 5.69 Å². The summed E-state index contributed by atoms with van der Waals surface area (Å²) in [6, 6.07) is 14.2. The molecule has 2 aromatic carbocycles. The number of sulfonamides is 1. The van der Waals surface area contributed by atoms with Gasteiger partial charge >= 0.3 is 0 Å². The third kappa shape index (κ3) is 5.70. The van der Waals surface area contributed by atoms with Crippen LogP contribution in [-0.2, 0) is 23.0 Å². The van der Waals surface area contributed by atoms with E-state index in [2.05, 4.69) is 66.4 Å². The van der Waals surface area contributed by atoms with Crippen LogP contribution in [0.1, 0.15) is 24.2 Å². The van der Waals surface area contributed by atoms with Gasteiger partial charge in [0, 0.05) is 3.57 Å². The van der Waals surface area contributed by atoms with Crippen molar-refractivity contribution in [1.29, 1.82) is 0 Å². The summed E-state index contributed by atoms with van der Waals surface area (Å²) >= 11 is 2.35. The largest absolute Gasteiger partial charge is 0.341 e. The Morgan fingerprint density at radius 1 is 1.17 bits per heavy atom. The summed E-state index contributed by atoms with van der Waals surface area (Å²) in [5.74, 6) is 1.67. The summed E-state index contributed by atoms with van der Waals surface area (Å²) in [5, 5.41) is 0. The highest BCUT2D eigenvalue weighted by atomic mass is 127. The molecule has 1 aromatic heterocycles. The van der Waals surface area contributed by atoms with Crippen LogP contribution in [0.2, 0.25) is 0 Å². The number of piperidine rings is 1. The minimum absolute atomic E-state index is 0.548. The third-order valence-electron chi connectivity index (χ3n) is 5.35. The molecule has 0 aliphatic carbocycles. The molecule has 0 unspecified atom stereocenters. The molecule has 0 atom stereocenters. The molecule has 1 saturated heterocycles. The molecule has 8 heteroatoms. The lowest BCUT2D eigenvalue weighted by molar-refractivity contribution is 0.174. The lowest BCUT2D eigenvalue weighted by atomic mass is 9.90. The normalized spacial score (nSPS) is 16.3. The van der Waals surface area contributed by atoms with E-state index in [0.29, 0.717) is 5.69 Å². The van der Waals surface area contributed by atoms with E-state index in [0.717, 1.165) is 55.1 Å². The number of hydrogen-bond donors (Lipinski definition) is 2. The molecule has 29 heavy (non-hydrogen) atoms. The zero-order valence-electron chi connectivity index (χ0n) is 16.4. The molecule has 0 saturated carbocycles. The minimum atomic E-state index is -3.28. The van der Waals surface area contributed by atoms with Crippen molar-refractivity contribution >= 4 is 49.3 Å². The van der Waals surface area contributed by atoms with Crippen molar-refractivity contribution in [3.8, 4) is 0 Å². The average Bonchev–Trinajstić information content (AvgIpc) is 3.05. The van der Waals surface area contributed by atoms with Crippen LogP contribution < -0.4 is 4.72 Å². The van der Waals surface area contributed by atoms with E-state index in [1.807, 2.05) is 6.07 Å². The quantitative estimate of drug-likeness (QED) is 0.478. The average molecular weight is 524 g/mol. The topological polar surface area (TPSA) is 78.1 Å². The second-order valence-electron chi connectivity index (χ2n) is 7.84. The molecule has 2 N–H and O–H groups in total. The van der Waals surface area contributed by atoms with Crippen LogP contribution in [0.5, 0.6) is 0 Å². The summed E-state index contributed by atoms with van der Waals surface area (Å²) in [6.07, 6.45) is 4.71. The van der Waals surface area contributed by atoms with Gasteiger partial charge in [0.1, 0.15) is 5.82 Å². The fourth-order valence-electron chi connectivity index (χ4n) is 3.93. The SMILES string of the molecule is CS(=O)(=O)Nc1ccc2nc(CN3CCC(Cc4ccc(I)cc4)CC3)[nH]c2c1. The Morgan fingerprint density at radius 3 is 2.59 bits per heavy atom. The van der Waals surface area contributed by atoms with Crippen LogP contribution >= 0.6 is 22.6 Å². The predicted molar refractivity (Wildman–Crippen MR) is 125 cm³/mol. The molecule has 1 aliphatic rings. The Bertz CT molecular complexity index is 1090. The number of hydrogen-bond acceptors (Lipinski definition) is 4. The number of halogens is 1. The number of fused-ring (bicyclic) bond motifs is 1. The van der Waals surface area contributed by atoms with E-state index in [-0.39, 0.29) is 0 Å². The van der Waals surface area contributed by atoms with Gasteiger partial charge in [-0.15, -0.1) is 0 Å². The van der Waals surface area contributed by atoms with Gasteiger partial charge < -0.3 is 4.98 Å². The van der Waals surface area contributed by atoms with Gasteiger partial charge in [0.05, 0.1) is 29.5 Å². The molecule has 0 spiro atoms. The van der Waals surface area contributed by atoms with Crippen LogP contribution in [0.15, 0.2) is 42.5 Å². The van der Waals surface area contributed by atoms with Gasteiger partial charge in [-0.25, -0.2) is 13.4 Å². The first-order valence-corrected chi connectivity index (χ1v) is 12.7. The summed E-state index contributed by atoms with van der Waals surface area (Å²) in [4.78, 5) is 10.4. The Labute approximate surface area is 185 Å². The monoisotopic (exact) mass is 524 g/mol. The van der Waals surface area contributed by atoms with Gasteiger partial charge in [-0.2, -0.15) is 0 Å². The molecular formula is C21H25IN4O2S. The third-order valence-corrected chi connectivity index (χ3v) is 6.68. The second-order valence-corrected chi connectivity index (χ2v) is 10.8. The molecule has 1 fully saturated rings. The molecule has 2 heterocycles. The Morgan fingerprint density at radius 2 is 1.90 bits per heavy atom. The molecule has 0 bridgehead atoms. The first-order valence-electron chi connectivity index (χ1n) is 9.77. The highest BCUT2D eigenvalue weighted by Gasteiger charge is 2.20. The second kappa shape index (κ2) is 8.61. The van der Waals surface area contributed by atoms with E-state index >= 15 is 0 Å². The van der Waals surface area contributed by atoms with Crippen molar-refractivity contribution in [2.75, 3.05) is 24.1 Å².